The van der Waals surface area contributed by atoms with Gasteiger partial charge in [-0.15, -0.1) is 0 Å². The highest BCUT2D eigenvalue weighted by atomic mass is 14.9. The maximum atomic E-state index is 3.51. The molecule has 1 nitrogen and oxygen atoms in total. The molecule has 2 aromatic rings. The summed E-state index contributed by atoms with van der Waals surface area (Å²) in [5, 5.41) is 3.51. The predicted molar refractivity (Wildman–Crippen MR) is 83.2 cm³/mol. The van der Waals surface area contributed by atoms with Crippen LogP contribution in [-0.2, 0) is 13.0 Å². The molecule has 19 heavy (non-hydrogen) atoms. The Bertz CT molecular complexity index is 529. The van der Waals surface area contributed by atoms with Crippen LogP contribution in [0.2, 0.25) is 0 Å². The molecule has 100 valence electrons. The Labute approximate surface area is 116 Å². The van der Waals surface area contributed by atoms with Crippen LogP contribution in [0.4, 0.5) is 0 Å². The Balaban J connectivity index is 2.38. The first-order chi connectivity index (χ1) is 9.22. The zero-order chi connectivity index (χ0) is 13.7. The summed E-state index contributed by atoms with van der Waals surface area (Å²) < 4.78 is 0. The van der Waals surface area contributed by atoms with Crippen molar-refractivity contribution in [1.82, 2.24) is 5.32 Å². The normalized spacial score (nSPS) is 10.9. The van der Waals surface area contributed by atoms with E-state index in [0.29, 0.717) is 6.04 Å². The van der Waals surface area contributed by atoms with E-state index in [4.69, 9.17) is 0 Å². The van der Waals surface area contributed by atoms with Gasteiger partial charge in [-0.1, -0.05) is 69.3 Å². The molecule has 0 unspecified atom stereocenters. The molecule has 2 rings (SSSR count). The quantitative estimate of drug-likeness (QED) is 0.832. The van der Waals surface area contributed by atoms with Crippen LogP contribution in [0.15, 0.2) is 48.5 Å². The second-order valence-electron chi connectivity index (χ2n) is 5.20. The van der Waals surface area contributed by atoms with Gasteiger partial charge in [0.1, 0.15) is 0 Å². The maximum absolute atomic E-state index is 3.51. The first-order valence-corrected chi connectivity index (χ1v) is 7.12. The summed E-state index contributed by atoms with van der Waals surface area (Å²) >= 11 is 0. The highest BCUT2D eigenvalue weighted by molar-refractivity contribution is 5.70. The van der Waals surface area contributed by atoms with Gasteiger partial charge in [0.25, 0.3) is 0 Å². The van der Waals surface area contributed by atoms with E-state index in [1.54, 1.807) is 0 Å². The van der Waals surface area contributed by atoms with Crippen LogP contribution >= 0.6 is 0 Å². The molecule has 1 N–H and O–H groups in total. The third-order valence-corrected chi connectivity index (χ3v) is 3.41. The number of benzene rings is 2. The van der Waals surface area contributed by atoms with Gasteiger partial charge < -0.3 is 5.32 Å². The molecule has 0 aliphatic rings. The number of aryl methyl sites for hydroxylation is 1. The highest BCUT2D eigenvalue weighted by Gasteiger charge is 2.08. The van der Waals surface area contributed by atoms with Crippen LogP contribution in [0.1, 0.15) is 31.9 Å². The van der Waals surface area contributed by atoms with Gasteiger partial charge in [0.2, 0.25) is 0 Å². The topological polar surface area (TPSA) is 12.0 Å². The summed E-state index contributed by atoms with van der Waals surface area (Å²) in [7, 11) is 0. The van der Waals surface area contributed by atoms with E-state index in [2.05, 4.69) is 74.6 Å². The van der Waals surface area contributed by atoms with Gasteiger partial charge in [-0.05, 0) is 28.7 Å². The molecule has 0 aliphatic carbocycles. The van der Waals surface area contributed by atoms with Crippen LogP contribution in [-0.4, -0.2) is 6.04 Å². The Kier molecular flexibility index (Phi) is 4.75. The predicted octanol–water partition coefficient (Wildman–Crippen LogP) is 4.41. The van der Waals surface area contributed by atoms with Crippen LogP contribution in [0.5, 0.6) is 0 Å². The second-order valence-corrected chi connectivity index (χ2v) is 5.20. The highest BCUT2D eigenvalue weighted by Crippen LogP contribution is 2.27. The molecule has 0 saturated carbocycles. The average molecular weight is 253 g/mol. The Hall–Kier alpha value is -1.60. The molecule has 0 spiro atoms. The minimum atomic E-state index is 0.509. The van der Waals surface area contributed by atoms with Gasteiger partial charge >= 0.3 is 0 Å². The smallest absolute Gasteiger partial charge is 0.0214 e. The zero-order valence-corrected chi connectivity index (χ0v) is 12.1. The summed E-state index contributed by atoms with van der Waals surface area (Å²) in [5.41, 5.74) is 5.51. The van der Waals surface area contributed by atoms with Crippen molar-refractivity contribution in [3.63, 3.8) is 0 Å². The van der Waals surface area contributed by atoms with Gasteiger partial charge in [0.05, 0.1) is 0 Å². The van der Waals surface area contributed by atoms with Crippen molar-refractivity contribution in [2.24, 2.45) is 0 Å². The molecule has 0 heterocycles. The molecular weight excluding hydrogens is 230 g/mol. The molecule has 0 saturated heterocycles. The molecular formula is C18H23N. The minimum Gasteiger partial charge on any atom is -0.310 e. The van der Waals surface area contributed by atoms with E-state index in [0.717, 1.165) is 13.0 Å². The lowest BCUT2D eigenvalue weighted by atomic mass is 9.94. The lowest BCUT2D eigenvalue weighted by molar-refractivity contribution is 0.589. The van der Waals surface area contributed by atoms with Gasteiger partial charge in [-0.25, -0.2) is 0 Å². The van der Waals surface area contributed by atoms with E-state index in [1.807, 2.05) is 0 Å². The van der Waals surface area contributed by atoms with E-state index < -0.39 is 0 Å². The van der Waals surface area contributed by atoms with Crippen LogP contribution in [0.3, 0.4) is 0 Å². The molecule has 0 atom stereocenters. The monoisotopic (exact) mass is 253 g/mol. The number of rotatable bonds is 5. The molecule has 0 fully saturated rings. The van der Waals surface area contributed by atoms with Crippen LogP contribution in [0.25, 0.3) is 11.1 Å². The number of hydrogen-bond donors (Lipinski definition) is 1. The van der Waals surface area contributed by atoms with Crippen LogP contribution < -0.4 is 5.32 Å². The first kappa shape index (κ1) is 13.8. The third kappa shape index (κ3) is 3.45. The Morgan fingerprint density at radius 1 is 0.842 bits per heavy atom. The fourth-order valence-electron chi connectivity index (χ4n) is 2.34. The fraction of sp³-hybridized carbons (Fsp3) is 0.333. The largest absolute Gasteiger partial charge is 0.310 e. The van der Waals surface area contributed by atoms with Gasteiger partial charge in [-0.3, -0.25) is 0 Å². The lowest BCUT2D eigenvalue weighted by Crippen LogP contribution is -2.22. The fourth-order valence-corrected chi connectivity index (χ4v) is 2.34. The van der Waals surface area contributed by atoms with E-state index in [9.17, 15) is 0 Å². The first-order valence-electron chi connectivity index (χ1n) is 7.12. The summed E-state index contributed by atoms with van der Waals surface area (Å²) in [6.07, 6.45) is 1.07. The maximum Gasteiger partial charge on any atom is 0.0214 e. The van der Waals surface area contributed by atoms with E-state index in [-0.39, 0.29) is 0 Å². The summed E-state index contributed by atoms with van der Waals surface area (Å²) in [4.78, 5) is 0. The molecule has 0 aliphatic heterocycles. The number of nitrogens with one attached hydrogen (secondary N) is 1. The van der Waals surface area contributed by atoms with Crippen molar-refractivity contribution in [1.29, 1.82) is 0 Å². The summed E-state index contributed by atoms with van der Waals surface area (Å²) in [6, 6.07) is 17.9. The van der Waals surface area contributed by atoms with Crippen molar-refractivity contribution in [3.8, 4) is 11.1 Å². The minimum absolute atomic E-state index is 0.509. The number of hydrogen-bond acceptors (Lipinski definition) is 1. The Morgan fingerprint density at radius 2 is 1.37 bits per heavy atom. The Morgan fingerprint density at radius 3 is 1.95 bits per heavy atom. The zero-order valence-electron chi connectivity index (χ0n) is 12.1. The van der Waals surface area contributed by atoms with Crippen LogP contribution in [0, 0.1) is 0 Å². The standard InChI is InChI=1S/C18H23N/c1-4-15-9-5-7-11-17(15)18-12-8-6-10-16(18)13-19-14(2)3/h5-12,14,19H,4,13H2,1-3H3. The molecule has 0 amide bonds. The molecule has 0 radical (unpaired) electrons. The van der Waals surface area contributed by atoms with Crippen molar-refractivity contribution < 1.29 is 0 Å². The second kappa shape index (κ2) is 6.53. The van der Waals surface area contributed by atoms with E-state index >= 15 is 0 Å². The summed E-state index contributed by atoms with van der Waals surface area (Å²) in [5.74, 6) is 0. The lowest BCUT2D eigenvalue weighted by Gasteiger charge is -2.15. The van der Waals surface area contributed by atoms with Crippen molar-refractivity contribution >= 4 is 0 Å². The third-order valence-electron chi connectivity index (χ3n) is 3.41. The molecule has 0 bridgehead atoms. The van der Waals surface area contributed by atoms with Gasteiger partial charge in [0.15, 0.2) is 0 Å². The van der Waals surface area contributed by atoms with Gasteiger partial charge in [0, 0.05) is 12.6 Å². The van der Waals surface area contributed by atoms with Crippen molar-refractivity contribution in [3.05, 3.63) is 59.7 Å². The van der Waals surface area contributed by atoms with Gasteiger partial charge in [-0.2, -0.15) is 0 Å². The SMILES string of the molecule is CCc1ccccc1-c1ccccc1CNC(C)C. The van der Waals surface area contributed by atoms with Crippen molar-refractivity contribution in [2.75, 3.05) is 0 Å². The molecule has 2 aromatic carbocycles. The average Bonchev–Trinajstić information content (AvgIpc) is 2.45. The van der Waals surface area contributed by atoms with Crippen molar-refractivity contribution in [2.45, 2.75) is 39.8 Å². The molecule has 1 heteroatoms. The summed E-state index contributed by atoms with van der Waals surface area (Å²) in [6.45, 7) is 7.50. The molecule has 0 aromatic heterocycles. The van der Waals surface area contributed by atoms with E-state index in [1.165, 1.54) is 22.3 Å².